The zero-order valence-electron chi connectivity index (χ0n) is 9.89. The maximum absolute atomic E-state index is 11.9. The number of nitrogens with zero attached hydrogens (tertiary/aromatic N) is 1. The lowest BCUT2D eigenvalue weighted by Gasteiger charge is -2.26. The minimum absolute atomic E-state index is 0.213. The lowest BCUT2D eigenvalue weighted by molar-refractivity contribution is -0.135. The average Bonchev–Trinajstić information content (AvgIpc) is 2.39. The van der Waals surface area contributed by atoms with Crippen molar-refractivity contribution in [2.75, 3.05) is 32.0 Å². The number of nitrogen functional groups attached to an aromatic ring is 1. The van der Waals surface area contributed by atoms with Gasteiger partial charge in [0, 0.05) is 25.2 Å². The molecule has 0 aromatic heterocycles. The van der Waals surface area contributed by atoms with Gasteiger partial charge in [-0.2, -0.15) is 0 Å². The number of nitrogens with two attached hydrogens (primary N) is 1. The highest BCUT2D eigenvalue weighted by Gasteiger charge is 2.16. The number of anilines is 1. The maximum Gasteiger partial charge on any atom is 0.223 e. The molecule has 4 heteroatoms. The van der Waals surface area contributed by atoms with Gasteiger partial charge in [0.2, 0.25) is 5.91 Å². The zero-order valence-corrected chi connectivity index (χ0v) is 9.89. The molecule has 1 heterocycles. The molecule has 0 radical (unpaired) electrons. The van der Waals surface area contributed by atoms with Crippen LogP contribution in [0.25, 0.3) is 0 Å². The van der Waals surface area contributed by atoms with Crippen molar-refractivity contribution in [3.8, 4) is 0 Å². The predicted molar refractivity (Wildman–Crippen MR) is 66.6 cm³/mol. The average molecular weight is 234 g/mol. The molecule has 0 spiro atoms. The summed E-state index contributed by atoms with van der Waals surface area (Å²) in [7, 11) is 0. The van der Waals surface area contributed by atoms with Crippen LogP contribution in [-0.4, -0.2) is 37.1 Å². The lowest BCUT2D eigenvalue weighted by Crippen LogP contribution is -2.40. The summed E-state index contributed by atoms with van der Waals surface area (Å²) in [5.41, 5.74) is 7.52. The third-order valence-electron chi connectivity index (χ3n) is 2.97. The van der Waals surface area contributed by atoms with Crippen LogP contribution in [0.15, 0.2) is 24.3 Å². The number of carbonyl (C=O) groups excluding carboxylic acids is 1. The van der Waals surface area contributed by atoms with Crippen LogP contribution in [0.3, 0.4) is 0 Å². The zero-order chi connectivity index (χ0) is 12.1. The fourth-order valence-electron chi connectivity index (χ4n) is 1.91. The number of hydrogen-bond donors (Lipinski definition) is 1. The Labute approximate surface area is 101 Å². The molecule has 4 nitrogen and oxygen atoms in total. The van der Waals surface area contributed by atoms with Gasteiger partial charge in [-0.15, -0.1) is 0 Å². The molecule has 1 aromatic carbocycles. The van der Waals surface area contributed by atoms with Gasteiger partial charge in [0.05, 0.1) is 13.2 Å². The Morgan fingerprint density at radius 3 is 2.53 bits per heavy atom. The number of ether oxygens (including phenoxy) is 1. The molecule has 1 saturated heterocycles. The van der Waals surface area contributed by atoms with Crippen LogP contribution in [0, 0.1) is 0 Å². The minimum atomic E-state index is 0.213. The SMILES string of the molecule is Nc1ccc(CCC(=O)N2CCOCC2)cc1. The number of benzene rings is 1. The topological polar surface area (TPSA) is 55.6 Å². The quantitative estimate of drug-likeness (QED) is 0.796. The molecule has 2 N–H and O–H groups in total. The maximum atomic E-state index is 11.9. The van der Waals surface area contributed by atoms with Gasteiger partial charge >= 0.3 is 0 Å². The van der Waals surface area contributed by atoms with Crippen LogP contribution >= 0.6 is 0 Å². The third-order valence-corrected chi connectivity index (χ3v) is 2.97. The smallest absolute Gasteiger partial charge is 0.223 e. The van der Waals surface area contributed by atoms with Gasteiger partial charge in [-0.3, -0.25) is 4.79 Å². The van der Waals surface area contributed by atoms with Crippen LogP contribution in [0.4, 0.5) is 5.69 Å². The van der Waals surface area contributed by atoms with Crippen molar-refractivity contribution in [3.63, 3.8) is 0 Å². The van der Waals surface area contributed by atoms with Crippen LogP contribution in [0.2, 0.25) is 0 Å². The number of rotatable bonds is 3. The van der Waals surface area contributed by atoms with Crippen molar-refractivity contribution in [3.05, 3.63) is 29.8 Å². The summed E-state index contributed by atoms with van der Waals surface area (Å²) < 4.78 is 5.22. The molecule has 1 aromatic rings. The van der Waals surface area contributed by atoms with Gasteiger partial charge in [0.25, 0.3) is 0 Å². The predicted octanol–water partition coefficient (Wildman–Crippen LogP) is 1.06. The van der Waals surface area contributed by atoms with E-state index in [1.165, 1.54) is 0 Å². The molecule has 2 rings (SSSR count). The second kappa shape index (κ2) is 5.68. The molecule has 0 atom stereocenters. The second-order valence-corrected chi connectivity index (χ2v) is 4.23. The Morgan fingerprint density at radius 2 is 1.88 bits per heavy atom. The summed E-state index contributed by atoms with van der Waals surface area (Å²) in [5, 5.41) is 0. The number of hydrogen-bond acceptors (Lipinski definition) is 3. The van der Waals surface area contributed by atoms with Crippen LogP contribution in [0.1, 0.15) is 12.0 Å². The van der Waals surface area contributed by atoms with Crippen molar-refractivity contribution in [2.45, 2.75) is 12.8 Å². The van der Waals surface area contributed by atoms with Gasteiger partial charge in [0.15, 0.2) is 0 Å². The second-order valence-electron chi connectivity index (χ2n) is 4.23. The molecule has 0 aliphatic carbocycles. The Hall–Kier alpha value is -1.55. The summed E-state index contributed by atoms with van der Waals surface area (Å²) in [6.45, 7) is 2.77. The van der Waals surface area contributed by atoms with E-state index in [1.807, 2.05) is 29.2 Å². The highest BCUT2D eigenvalue weighted by Crippen LogP contribution is 2.09. The molecule has 1 aliphatic rings. The van der Waals surface area contributed by atoms with Gasteiger partial charge in [-0.25, -0.2) is 0 Å². The van der Waals surface area contributed by atoms with E-state index in [0.29, 0.717) is 19.6 Å². The molecule has 0 unspecified atom stereocenters. The first kappa shape index (κ1) is 11.9. The molecule has 0 saturated carbocycles. The molecule has 1 aliphatic heterocycles. The van der Waals surface area contributed by atoms with E-state index in [4.69, 9.17) is 10.5 Å². The molecular weight excluding hydrogens is 216 g/mol. The Balaban J connectivity index is 1.81. The Kier molecular flexibility index (Phi) is 3.98. The van der Waals surface area contributed by atoms with Crippen LogP contribution in [-0.2, 0) is 16.0 Å². The van der Waals surface area contributed by atoms with E-state index in [9.17, 15) is 4.79 Å². The molecular formula is C13H18N2O2. The monoisotopic (exact) mass is 234 g/mol. The highest BCUT2D eigenvalue weighted by molar-refractivity contribution is 5.76. The van der Waals surface area contributed by atoms with Crippen molar-refractivity contribution in [2.24, 2.45) is 0 Å². The summed E-state index contributed by atoms with van der Waals surface area (Å²) in [4.78, 5) is 13.8. The first-order valence-corrected chi connectivity index (χ1v) is 5.95. The van der Waals surface area contributed by atoms with Crippen LogP contribution in [0.5, 0.6) is 0 Å². The molecule has 1 amide bonds. The van der Waals surface area contributed by atoms with Crippen molar-refractivity contribution in [1.29, 1.82) is 0 Å². The molecule has 17 heavy (non-hydrogen) atoms. The summed E-state index contributed by atoms with van der Waals surface area (Å²) in [5.74, 6) is 0.213. The van der Waals surface area contributed by atoms with Gasteiger partial charge in [0.1, 0.15) is 0 Å². The Morgan fingerprint density at radius 1 is 1.24 bits per heavy atom. The molecule has 0 bridgehead atoms. The fourth-order valence-corrected chi connectivity index (χ4v) is 1.91. The third kappa shape index (κ3) is 3.46. The summed E-state index contributed by atoms with van der Waals surface area (Å²) in [6, 6.07) is 7.69. The van der Waals surface area contributed by atoms with E-state index in [0.717, 1.165) is 30.8 Å². The van der Waals surface area contributed by atoms with Crippen molar-refractivity contribution in [1.82, 2.24) is 4.90 Å². The Bertz CT molecular complexity index is 370. The van der Waals surface area contributed by atoms with E-state index < -0.39 is 0 Å². The van der Waals surface area contributed by atoms with Crippen LogP contribution < -0.4 is 5.73 Å². The standard InChI is InChI=1S/C13H18N2O2/c14-12-4-1-11(2-5-12)3-6-13(16)15-7-9-17-10-8-15/h1-2,4-5H,3,6-10,14H2. The first-order chi connectivity index (χ1) is 8.25. The number of carbonyl (C=O) groups is 1. The van der Waals surface area contributed by atoms with Gasteiger partial charge in [-0.05, 0) is 24.1 Å². The largest absolute Gasteiger partial charge is 0.399 e. The van der Waals surface area contributed by atoms with E-state index in [-0.39, 0.29) is 5.91 Å². The minimum Gasteiger partial charge on any atom is -0.399 e. The fraction of sp³-hybridized carbons (Fsp3) is 0.462. The molecule has 92 valence electrons. The van der Waals surface area contributed by atoms with Gasteiger partial charge in [-0.1, -0.05) is 12.1 Å². The number of amides is 1. The first-order valence-electron chi connectivity index (χ1n) is 5.95. The highest BCUT2D eigenvalue weighted by atomic mass is 16.5. The van der Waals surface area contributed by atoms with E-state index in [2.05, 4.69) is 0 Å². The number of aryl methyl sites for hydroxylation is 1. The normalized spacial score (nSPS) is 15.9. The van der Waals surface area contributed by atoms with E-state index in [1.54, 1.807) is 0 Å². The number of morpholine rings is 1. The van der Waals surface area contributed by atoms with Crippen molar-refractivity contribution < 1.29 is 9.53 Å². The lowest BCUT2D eigenvalue weighted by atomic mass is 10.1. The molecule has 1 fully saturated rings. The summed E-state index contributed by atoms with van der Waals surface area (Å²) >= 11 is 0. The van der Waals surface area contributed by atoms with Crippen molar-refractivity contribution >= 4 is 11.6 Å². The summed E-state index contributed by atoms with van der Waals surface area (Å²) in [6.07, 6.45) is 1.33. The van der Waals surface area contributed by atoms with Gasteiger partial charge < -0.3 is 15.4 Å². The van der Waals surface area contributed by atoms with E-state index >= 15 is 0 Å².